The van der Waals surface area contributed by atoms with E-state index < -0.39 is 0 Å². The van der Waals surface area contributed by atoms with E-state index in [-0.39, 0.29) is 6.10 Å². The highest BCUT2D eigenvalue weighted by Gasteiger charge is 2.42. The first-order chi connectivity index (χ1) is 10.1. The molecule has 0 radical (unpaired) electrons. The molecule has 3 rings (SSSR count). The summed E-state index contributed by atoms with van der Waals surface area (Å²) >= 11 is 0. The van der Waals surface area contributed by atoms with Gasteiger partial charge in [-0.1, -0.05) is 0 Å². The van der Waals surface area contributed by atoms with Crippen LogP contribution in [-0.4, -0.2) is 59.9 Å². The van der Waals surface area contributed by atoms with Crippen LogP contribution in [0.3, 0.4) is 0 Å². The van der Waals surface area contributed by atoms with Crippen LogP contribution < -0.4 is 15.1 Å². The van der Waals surface area contributed by atoms with Gasteiger partial charge in [-0.05, 0) is 25.7 Å². The largest absolute Gasteiger partial charge is 0.393 e. The average Bonchev–Trinajstić information content (AvgIpc) is 3.01. The average molecular weight is 292 g/mol. The lowest BCUT2D eigenvalue weighted by Gasteiger charge is -2.20. The number of nitrogens with one attached hydrogen (secondary N) is 1. The molecule has 7 nitrogen and oxygen atoms in total. The highest BCUT2D eigenvalue weighted by Crippen LogP contribution is 2.39. The lowest BCUT2D eigenvalue weighted by molar-refractivity contribution is 0.133. The number of aromatic nitrogens is 3. The van der Waals surface area contributed by atoms with Crippen molar-refractivity contribution in [1.82, 2.24) is 15.0 Å². The van der Waals surface area contributed by atoms with Crippen molar-refractivity contribution >= 4 is 17.8 Å². The zero-order valence-corrected chi connectivity index (χ0v) is 13.0. The van der Waals surface area contributed by atoms with Gasteiger partial charge in [-0.25, -0.2) is 0 Å². The van der Waals surface area contributed by atoms with Gasteiger partial charge in [0.2, 0.25) is 17.8 Å². The number of nitrogens with zero attached hydrogens (tertiary/aromatic N) is 5. The summed E-state index contributed by atoms with van der Waals surface area (Å²) in [4.78, 5) is 17.6. The zero-order chi connectivity index (χ0) is 15.0. The molecule has 1 saturated carbocycles. The predicted octanol–water partition coefficient (Wildman–Crippen LogP) is 0.576. The molecular formula is C14H24N6O. The third-order valence-electron chi connectivity index (χ3n) is 4.45. The van der Waals surface area contributed by atoms with Crippen molar-refractivity contribution in [3.05, 3.63) is 0 Å². The zero-order valence-electron chi connectivity index (χ0n) is 13.0. The van der Waals surface area contributed by atoms with E-state index in [0.29, 0.717) is 29.7 Å². The second-order valence-corrected chi connectivity index (χ2v) is 6.16. The maximum Gasteiger partial charge on any atom is 0.231 e. The fourth-order valence-electron chi connectivity index (χ4n) is 3.33. The second kappa shape index (κ2) is 5.63. The van der Waals surface area contributed by atoms with Crippen molar-refractivity contribution in [1.29, 1.82) is 0 Å². The van der Waals surface area contributed by atoms with Crippen LogP contribution in [0, 0.1) is 11.8 Å². The molecule has 2 heterocycles. The molecule has 0 aromatic carbocycles. The molecule has 0 spiro atoms. The molecule has 1 aromatic rings. The van der Waals surface area contributed by atoms with Crippen LogP contribution in [0.4, 0.5) is 17.8 Å². The number of hydrogen-bond donors (Lipinski definition) is 2. The van der Waals surface area contributed by atoms with Crippen LogP contribution in [0.15, 0.2) is 0 Å². The minimum absolute atomic E-state index is 0.164. The van der Waals surface area contributed by atoms with Crippen molar-refractivity contribution in [2.75, 3.05) is 48.8 Å². The molecule has 3 atom stereocenters. The van der Waals surface area contributed by atoms with Crippen molar-refractivity contribution in [2.45, 2.75) is 25.9 Å². The third-order valence-corrected chi connectivity index (χ3v) is 4.45. The smallest absolute Gasteiger partial charge is 0.231 e. The van der Waals surface area contributed by atoms with Gasteiger partial charge in [0.05, 0.1) is 6.10 Å². The Labute approximate surface area is 125 Å². The number of hydrogen-bond acceptors (Lipinski definition) is 7. The fraction of sp³-hybridized carbons (Fsp3) is 0.786. The Morgan fingerprint density at radius 2 is 2.05 bits per heavy atom. The van der Waals surface area contributed by atoms with Gasteiger partial charge in [0.25, 0.3) is 0 Å². The Morgan fingerprint density at radius 3 is 2.71 bits per heavy atom. The van der Waals surface area contributed by atoms with Gasteiger partial charge in [-0.15, -0.1) is 0 Å². The van der Waals surface area contributed by atoms with Gasteiger partial charge < -0.3 is 20.2 Å². The van der Waals surface area contributed by atoms with Crippen molar-refractivity contribution in [3.8, 4) is 0 Å². The summed E-state index contributed by atoms with van der Waals surface area (Å²) < 4.78 is 0. The maximum absolute atomic E-state index is 10.0. The molecule has 0 bridgehead atoms. The number of aliphatic hydroxyl groups is 1. The van der Waals surface area contributed by atoms with Crippen LogP contribution in [-0.2, 0) is 0 Å². The van der Waals surface area contributed by atoms with Gasteiger partial charge in [0.15, 0.2) is 0 Å². The van der Waals surface area contributed by atoms with Crippen LogP contribution >= 0.6 is 0 Å². The first kappa shape index (κ1) is 14.3. The first-order valence-corrected chi connectivity index (χ1v) is 7.68. The topological polar surface area (TPSA) is 77.4 Å². The fourth-order valence-corrected chi connectivity index (χ4v) is 3.33. The maximum atomic E-state index is 10.0. The SMILES string of the molecule is CCNc1nc(N(C)C)nc(N2CC3CCC(O)C3C2)n1. The summed E-state index contributed by atoms with van der Waals surface area (Å²) in [6, 6.07) is 0. The molecular weight excluding hydrogens is 268 g/mol. The summed E-state index contributed by atoms with van der Waals surface area (Å²) in [7, 11) is 3.86. The molecule has 1 aromatic heterocycles. The van der Waals surface area contributed by atoms with Crippen LogP contribution in [0.25, 0.3) is 0 Å². The number of rotatable bonds is 4. The van der Waals surface area contributed by atoms with Crippen LogP contribution in [0.2, 0.25) is 0 Å². The number of aliphatic hydroxyl groups excluding tert-OH is 1. The molecule has 1 aliphatic heterocycles. The van der Waals surface area contributed by atoms with Gasteiger partial charge in [-0.2, -0.15) is 15.0 Å². The van der Waals surface area contributed by atoms with E-state index in [2.05, 4.69) is 25.2 Å². The van der Waals surface area contributed by atoms with E-state index in [1.807, 2.05) is 25.9 Å². The Morgan fingerprint density at radius 1 is 1.24 bits per heavy atom. The summed E-state index contributed by atoms with van der Waals surface area (Å²) in [6.07, 6.45) is 1.88. The molecule has 116 valence electrons. The summed E-state index contributed by atoms with van der Waals surface area (Å²) in [5, 5.41) is 13.2. The summed E-state index contributed by atoms with van der Waals surface area (Å²) in [5.41, 5.74) is 0. The molecule has 2 aliphatic rings. The van der Waals surface area contributed by atoms with E-state index in [1.54, 1.807) is 0 Å². The Balaban J connectivity index is 1.84. The first-order valence-electron chi connectivity index (χ1n) is 7.68. The van der Waals surface area contributed by atoms with E-state index in [4.69, 9.17) is 0 Å². The monoisotopic (exact) mass is 292 g/mol. The van der Waals surface area contributed by atoms with Crippen LogP contribution in [0.5, 0.6) is 0 Å². The van der Waals surface area contributed by atoms with Crippen molar-refractivity contribution in [2.24, 2.45) is 11.8 Å². The van der Waals surface area contributed by atoms with Gasteiger partial charge in [0, 0.05) is 39.6 Å². The van der Waals surface area contributed by atoms with E-state index in [0.717, 1.165) is 32.5 Å². The molecule has 7 heteroatoms. The van der Waals surface area contributed by atoms with E-state index >= 15 is 0 Å². The normalized spacial score (nSPS) is 27.8. The number of fused-ring (bicyclic) bond motifs is 1. The van der Waals surface area contributed by atoms with Crippen LogP contribution in [0.1, 0.15) is 19.8 Å². The Kier molecular flexibility index (Phi) is 3.84. The van der Waals surface area contributed by atoms with Crippen molar-refractivity contribution < 1.29 is 5.11 Å². The molecule has 2 N–H and O–H groups in total. The molecule has 3 unspecified atom stereocenters. The van der Waals surface area contributed by atoms with Gasteiger partial charge in [0.1, 0.15) is 0 Å². The van der Waals surface area contributed by atoms with Gasteiger partial charge >= 0.3 is 0 Å². The standard InChI is InChI=1S/C14H24N6O/c1-4-15-12-16-13(19(2)3)18-14(17-12)20-7-9-5-6-11(21)10(9)8-20/h9-11,21H,4-8H2,1-3H3,(H,15,16,17,18). The molecule has 2 fully saturated rings. The van der Waals surface area contributed by atoms with Crippen molar-refractivity contribution in [3.63, 3.8) is 0 Å². The Bertz CT molecular complexity index is 508. The molecule has 21 heavy (non-hydrogen) atoms. The molecule has 1 aliphatic carbocycles. The van der Waals surface area contributed by atoms with Gasteiger partial charge in [-0.3, -0.25) is 0 Å². The minimum Gasteiger partial charge on any atom is -0.393 e. The highest BCUT2D eigenvalue weighted by atomic mass is 16.3. The summed E-state index contributed by atoms with van der Waals surface area (Å²) in [5.74, 6) is 2.93. The van der Waals surface area contributed by atoms with E-state index in [9.17, 15) is 5.11 Å². The molecule has 0 amide bonds. The third kappa shape index (κ3) is 2.74. The minimum atomic E-state index is -0.164. The number of anilines is 3. The quantitative estimate of drug-likeness (QED) is 0.840. The predicted molar refractivity (Wildman–Crippen MR) is 82.8 cm³/mol. The lowest BCUT2D eigenvalue weighted by Crippen LogP contribution is -2.27. The van der Waals surface area contributed by atoms with E-state index in [1.165, 1.54) is 0 Å². The molecule has 1 saturated heterocycles. The Hall–Kier alpha value is -1.63. The highest BCUT2D eigenvalue weighted by molar-refractivity contribution is 5.45. The lowest BCUT2D eigenvalue weighted by atomic mass is 10.00. The summed E-state index contributed by atoms with van der Waals surface area (Å²) in [6.45, 7) is 4.58. The second-order valence-electron chi connectivity index (χ2n) is 6.16.